The number of anilines is 1. The highest BCUT2D eigenvalue weighted by atomic mass is 16.5. The van der Waals surface area contributed by atoms with Crippen LogP contribution in [0.2, 0.25) is 0 Å². The van der Waals surface area contributed by atoms with E-state index < -0.39 is 6.10 Å². The maximum absolute atomic E-state index is 12.7. The van der Waals surface area contributed by atoms with Gasteiger partial charge in [0, 0.05) is 11.8 Å². The highest BCUT2D eigenvalue weighted by Crippen LogP contribution is 2.23. The van der Waals surface area contributed by atoms with Crippen molar-refractivity contribution in [3.63, 3.8) is 0 Å². The third-order valence-electron chi connectivity index (χ3n) is 4.14. The lowest BCUT2D eigenvalue weighted by atomic mass is 10.1. The van der Waals surface area contributed by atoms with Gasteiger partial charge in [-0.25, -0.2) is 0 Å². The first-order valence-electron chi connectivity index (χ1n) is 9.28. The molecule has 0 aliphatic heterocycles. The number of rotatable bonds is 7. The number of ether oxygens (including phenoxy) is 2. The molecule has 27 heavy (non-hydrogen) atoms. The van der Waals surface area contributed by atoms with Crippen LogP contribution in [0, 0.1) is 0 Å². The third kappa shape index (κ3) is 5.00. The van der Waals surface area contributed by atoms with Gasteiger partial charge in [-0.3, -0.25) is 4.79 Å². The molecule has 3 aromatic rings. The van der Waals surface area contributed by atoms with E-state index in [1.165, 1.54) is 0 Å². The van der Waals surface area contributed by atoms with Gasteiger partial charge < -0.3 is 14.8 Å². The molecule has 0 heterocycles. The van der Waals surface area contributed by atoms with E-state index in [1.807, 2.05) is 81.4 Å². The van der Waals surface area contributed by atoms with Crippen molar-refractivity contribution in [2.24, 2.45) is 0 Å². The van der Waals surface area contributed by atoms with Crippen molar-refractivity contribution in [3.05, 3.63) is 66.7 Å². The molecule has 4 heteroatoms. The molecular weight excluding hydrogens is 338 g/mol. The van der Waals surface area contributed by atoms with Gasteiger partial charge in [0.2, 0.25) is 0 Å². The van der Waals surface area contributed by atoms with E-state index in [0.717, 1.165) is 16.5 Å². The van der Waals surface area contributed by atoms with E-state index in [0.29, 0.717) is 17.9 Å². The van der Waals surface area contributed by atoms with Crippen LogP contribution in [0.1, 0.15) is 27.2 Å². The Hall–Kier alpha value is -3.01. The zero-order chi connectivity index (χ0) is 19.2. The summed E-state index contributed by atoms with van der Waals surface area (Å²) >= 11 is 0. The normalized spacial score (nSPS) is 12.0. The molecular formula is C23H25NO3. The summed E-state index contributed by atoms with van der Waals surface area (Å²) in [7, 11) is 0. The molecule has 0 spiro atoms. The van der Waals surface area contributed by atoms with Crippen LogP contribution in [0.3, 0.4) is 0 Å². The van der Waals surface area contributed by atoms with Crippen LogP contribution in [0.5, 0.6) is 11.5 Å². The lowest BCUT2D eigenvalue weighted by Crippen LogP contribution is -2.32. The highest BCUT2D eigenvalue weighted by Gasteiger charge is 2.19. The Bertz CT molecular complexity index is 920. The minimum atomic E-state index is -0.569. The predicted octanol–water partition coefficient (Wildman–Crippen LogP) is 5.42. The summed E-state index contributed by atoms with van der Waals surface area (Å²) in [5.74, 6) is 1.24. The van der Waals surface area contributed by atoms with Gasteiger partial charge in [-0.2, -0.15) is 0 Å². The fourth-order valence-corrected chi connectivity index (χ4v) is 2.87. The summed E-state index contributed by atoms with van der Waals surface area (Å²) in [6, 6.07) is 21.3. The largest absolute Gasteiger partial charge is 0.491 e. The molecule has 0 aromatic heterocycles. The Morgan fingerprint density at radius 2 is 1.63 bits per heavy atom. The molecule has 1 unspecified atom stereocenters. The molecule has 3 aromatic carbocycles. The Morgan fingerprint density at radius 3 is 2.37 bits per heavy atom. The van der Waals surface area contributed by atoms with Crippen LogP contribution >= 0.6 is 0 Å². The summed E-state index contributed by atoms with van der Waals surface area (Å²) in [5, 5.41) is 5.15. The number of benzene rings is 3. The first-order chi connectivity index (χ1) is 13.0. The number of hydrogen-bond acceptors (Lipinski definition) is 3. The van der Waals surface area contributed by atoms with Gasteiger partial charge in [0.25, 0.3) is 5.91 Å². The zero-order valence-corrected chi connectivity index (χ0v) is 15.9. The second-order valence-corrected chi connectivity index (χ2v) is 6.71. The average Bonchev–Trinajstić information content (AvgIpc) is 2.65. The minimum absolute atomic E-state index is 0.0792. The number of hydrogen-bond donors (Lipinski definition) is 1. The summed E-state index contributed by atoms with van der Waals surface area (Å²) in [6.45, 7) is 5.87. The molecule has 1 amide bonds. The molecule has 3 rings (SSSR count). The van der Waals surface area contributed by atoms with Crippen molar-refractivity contribution in [1.29, 1.82) is 0 Å². The number of carbonyl (C=O) groups is 1. The first-order valence-corrected chi connectivity index (χ1v) is 9.28. The predicted molar refractivity (Wildman–Crippen MR) is 109 cm³/mol. The van der Waals surface area contributed by atoms with E-state index in [1.54, 1.807) is 0 Å². The first kappa shape index (κ1) is 18.8. The Labute approximate surface area is 160 Å². The molecule has 1 N–H and O–H groups in total. The molecule has 0 aliphatic rings. The molecule has 140 valence electrons. The van der Waals surface area contributed by atoms with Crippen LogP contribution in [0.4, 0.5) is 5.69 Å². The summed E-state index contributed by atoms with van der Waals surface area (Å²) in [4.78, 5) is 12.7. The maximum atomic E-state index is 12.7. The second kappa shape index (κ2) is 8.58. The van der Waals surface area contributed by atoms with Gasteiger partial charge in [-0.05, 0) is 55.3 Å². The number of carbonyl (C=O) groups excluding carboxylic acids is 1. The fraction of sp³-hybridized carbons (Fsp3) is 0.261. The highest BCUT2D eigenvalue weighted by molar-refractivity contribution is 5.94. The Morgan fingerprint density at radius 1 is 0.889 bits per heavy atom. The lowest BCUT2D eigenvalue weighted by molar-refractivity contribution is -0.122. The molecule has 0 aliphatic carbocycles. The number of fused-ring (bicyclic) bond motifs is 1. The monoisotopic (exact) mass is 363 g/mol. The molecule has 4 nitrogen and oxygen atoms in total. The Kier molecular flexibility index (Phi) is 5.97. The Balaban J connectivity index is 1.70. The van der Waals surface area contributed by atoms with E-state index in [-0.39, 0.29) is 12.0 Å². The zero-order valence-electron chi connectivity index (χ0n) is 15.9. The minimum Gasteiger partial charge on any atom is -0.491 e. The van der Waals surface area contributed by atoms with E-state index in [9.17, 15) is 4.79 Å². The standard InChI is InChI=1S/C23H25NO3/c1-4-22(27-21-13-12-17-8-5-6-9-18(17)14-21)23(25)24-19-10-7-11-20(15-19)26-16(2)3/h5-16,22H,4H2,1-3H3,(H,24,25). The van der Waals surface area contributed by atoms with Gasteiger partial charge in [0.15, 0.2) is 6.10 Å². The smallest absolute Gasteiger partial charge is 0.265 e. The van der Waals surface area contributed by atoms with Gasteiger partial charge in [0.05, 0.1) is 6.10 Å². The summed E-state index contributed by atoms with van der Waals surface area (Å²) in [5.41, 5.74) is 0.693. The molecule has 1 atom stereocenters. The topological polar surface area (TPSA) is 47.6 Å². The third-order valence-corrected chi connectivity index (χ3v) is 4.14. The van der Waals surface area contributed by atoms with Gasteiger partial charge >= 0.3 is 0 Å². The number of nitrogens with one attached hydrogen (secondary N) is 1. The van der Waals surface area contributed by atoms with Gasteiger partial charge in [-0.15, -0.1) is 0 Å². The van der Waals surface area contributed by atoms with Crippen molar-refractivity contribution in [2.75, 3.05) is 5.32 Å². The fourth-order valence-electron chi connectivity index (χ4n) is 2.87. The average molecular weight is 363 g/mol. The second-order valence-electron chi connectivity index (χ2n) is 6.71. The lowest BCUT2D eigenvalue weighted by Gasteiger charge is -2.18. The molecule has 0 bridgehead atoms. The molecule has 0 fully saturated rings. The van der Waals surface area contributed by atoms with Crippen molar-refractivity contribution in [2.45, 2.75) is 39.4 Å². The van der Waals surface area contributed by atoms with Gasteiger partial charge in [-0.1, -0.05) is 43.3 Å². The maximum Gasteiger partial charge on any atom is 0.265 e. The molecule has 0 radical (unpaired) electrons. The SMILES string of the molecule is CCC(Oc1ccc2ccccc2c1)C(=O)Nc1cccc(OC(C)C)c1. The van der Waals surface area contributed by atoms with Crippen molar-refractivity contribution >= 4 is 22.4 Å². The molecule has 0 saturated heterocycles. The van der Waals surface area contributed by atoms with Gasteiger partial charge in [0.1, 0.15) is 11.5 Å². The van der Waals surface area contributed by atoms with Crippen LogP contribution in [-0.2, 0) is 4.79 Å². The quantitative estimate of drug-likeness (QED) is 0.609. The summed E-state index contributed by atoms with van der Waals surface area (Å²) < 4.78 is 11.6. The van der Waals surface area contributed by atoms with Crippen LogP contribution in [0.25, 0.3) is 10.8 Å². The number of amides is 1. The van der Waals surface area contributed by atoms with Crippen molar-refractivity contribution < 1.29 is 14.3 Å². The van der Waals surface area contributed by atoms with Crippen molar-refractivity contribution in [3.8, 4) is 11.5 Å². The van der Waals surface area contributed by atoms with Crippen LogP contribution in [0.15, 0.2) is 66.7 Å². The van der Waals surface area contributed by atoms with E-state index in [4.69, 9.17) is 9.47 Å². The van der Waals surface area contributed by atoms with Crippen LogP contribution < -0.4 is 14.8 Å². The van der Waals surface area contributed by atoms with Crippen LogP contribution in [-0.4, -0.2) is 18.1 Å². The van der Waals surface area contributed by atoms with Crippen molar-refractivity contribution in [1.82, 2.24) is 0 Å². The summed E-state index contributed by atoms with van der Waals surface area (Å²) in [6.07, 6.45) is 0.0809. The van der Waals surface area contributed by atoms with E-state index >= 15 is 0 Å². The molecule has 0 saturated carbocycles. The van der Waals surface area contributed by atoms with E-state index in [2.05, 4.69) is 11.4 Å².